The van der Waals surface area contributed by atoms with Crippen LogP contribution in [0.2, 0.25) is 0 Å². The van der Waals surface area contributed by atoms with Gasteiger partial charge in [0, 0.05) is 10.9 Å². The van der Waals surface area contributed by atoms with Crippen molar-refractivity contribution in [2.45, 2.75) is 30.2 Å². The van der Waals surface area contributed by atoms with E-state index < -0.39 is 0 Å². The molecule has 0 saturated carbocycles. The molecule has 106 valence electrons. The lowest BCUT2D eigenvalue weighted by Gasteiger charge is -2.16. The Morgan fingerprint density at radius 3 is 2.35 bits per heavy atom. The molecule has 1 unspecified atom stereocenters. The standard InChI is InChI=1S/C17H22N2S/c1-20-16-12-10-15(11-13-16)17(19-18)9-5-8-14-6-3-2-4-7-14/h2-4,6-7,10-13,17,19H,5,8-9,18H2,1H3. The maximum absolute atomic E-state index is 5.70. The minimum atomic E-state index is 0.231. The maximum atomic E-state index is 5.70. The first-order chi connectivity index (χ1) is 9.83. The van der Waals surface area contributed by atoms with Gasteiger partial charge in [-0.15, -0.1) is 11.8 Å². The molecule has 0 aromatic heterocycles. The molecule has 0 aliphatic heterocycles. The fraction of sp³-hybridized carbons (Fsp3) is 0.294. The number of hydrazine groups is 1. The third kappa shape index (κ3) is 4.37. The van der Waals surface area contributed by atoms with Crippen molar-refractivity contribution in [3.63, 3.8) is 0 Å². The van der Waals surface area contributed by atoms with Crippen molar-refractivity contribution < 1.29 is 0 Å². The van der Waals surface area contributed by atoms with Crippen molar-refractivity contribution in [1.82, 2.24) is 5.43 Å². The highest BCUT2D eigenvalue weighted by Gasteiger charge is 2.09. The molecule has 0 aliphatic carbocycles. The smallest absolute Gasteiger partial charge is 0.0460 e. The highest BCUT2D eigenvalue weighted by atomic mass is 32.2. The van der Waals surface area contributed by atoms with Gasteiger partial charge in [-0.2, -0.15) is 0 Å². The van der Waals surface area contributed by atoms with Gasteiger partial charge in [0.15, 0.2) is 0 Å². The molecule has 2 nitrogen and oxygen atoms in total. The summed E-state index contributed by atoms with van der Waals surface area (Å²) in [6.07, 6.45) is 5.36. The third-order valence-corrected chi connectivity index (χ3v) is 4.26. The van der Waals surface area contributed by atoms with Crippen LogP contribution in [0.25, 0.3) is 0 Å². The number of nitrogens with two attached hydrogens (primary N) is 1. The summed E-state index contributed by atoms with van der Waals surface area (Å²) < 4.78 is 0. The quantitative estimate of drug-likeness (QED) is 0.460. The maximum Gasteiger partial charge on any atom is 0.0460 e. The van der Waals surface area contributed by atoms with Crippen LogP contribution in [0.1, 0.15) is 30.0 Å². The summed E-state index contributed by atoms with van der Waals surface area (Å²) in [5.41, 5.74) is 5.59. The van der Waals surface area contributed by atoms with E-state index in [0.717, 1.165) is 19.3 Å². The predicted octanol–water partition coefficient (Wildman–Crippen LogP) is 3.94. The first kappa shape index (κ1) is 15.1. The molecule has 2 rings (SSSR count). The molecule has 0 fully saturated rings. The number of nitrogens with one attached hydrogen (secondary N) is 1. The normalized spacial score (nSPS) is 12.3. The van der Waals surface area contributed by atoms with Gasteiger partial charge in [0.2, 0.25) is 0 Å². The summed E-state index contributed by atoms with van der Waals surface area (Å²) in [6, 6.07) is 19.5. The van der Waals surface area contributed by atoms with Crippen molar-refractivity contribution in [2.24, 2.45) is 5.84 Å². The first-order valence-electron chi connectivity index (χ1n) is 6.97. The van der Waals surface area contributed by atoms with Gasteiger partial charge in [-0.1, -0.05) is 42.5 Å². The van der Waals surface area contributed by atoms with Crippen LogP contribution in [0.15, 0.2) is 59.5 Å². The third-order valence-electron chi connectivity index (χ3n) is 3.52. The fourth-order valence-corrected chi connectivity index (χ4v) is 2.75. The Balaban J connectivity index is 1.88. The van der Waals surface area contributed by atoms with E-state index in [-0.39, 0.29) is 6.04 Å². The van der Waals surface area contributed by atoms with Gasteiger partial charge >= 0.3 is 0 Å². The summed E-state index contributed by atoms with van der Waals surface area (Å²) in [7, 11) is 0. The van der Waals surface area contributed by atoms with E-state index in [1.165, 1.54) is 16.0 Å². The minimum Gasteiger partial charge on any atom is -0.271 e. The Kier molecular flexibility index (Phi) is 6.12. The van der Waals surface area contributed by atoms with Gasteiger partial charge in [-0.25, -0.2) is 0 Å². The molecule has 0 spiro atoms. The molecule has 0 bridgehead atoms. The second-order valence-electron chi connectivity index (χ2n) is 4.87. The summed E-state index contributed by atoms with van der Waals surface area (Å²) in [6.45, 7) is 0. The Morgan fingerprint density at radius 2 is 1.75 bits per heavy atom. The molecule has 3 heteroatoms. The van der Waals surface area contributed by atoms with Crippen molar-refractivity contribution in [2.75, 3.05) is 6.26 Å². The van der Waals surface area contributed by atoms with E-state index in [4.69, 9.17) is 5.84 Å². The molecule has 0 saturated heterocycles. The Morgan fingerprint density at radius 1 is 1.05 bits per heavy atom. The largest absolute Gasteiger partial charge is 0.271 e. The summed E-state index contributed by atoms with van der Waals surface area (Å²) in [5.74, 6) is 5.70. The molecule has 1 atom stereocenters. The molecule has 3 N–H and O–H groups in total. The van der Waals surface area contributed by atoms with Gasteiger partial charge in [0.1, 0.15) is 0 Å². The molecule has 2 aromatic rings. The molecular weight excluding hydrogens is 264 g/mol. The molecule has 0 radical (unpaired) electrons. The predicted molar refractivity (Wildman–Crippen MR) is 87.7 cm³/mol. The van der Waals surface area contributed by atoms with E-state index >= 15 is 0 Å². The fourth-order valence-electron chi connectivity index (χ4n) is 2.34. The van der Waals surface area contributed by atoms with E-state index in [1.54, 1.807) is 11.8 Å². The van der Waals surface area contributed by atoms with Crippen LogP contribution < -0.4 is 11.3 Å². The van der Waals surface area contributed by atoms with Crippen molar-refractivity contribution in [3.8, 4) is 0 Å². The molecule has 0 heterocycles. The van der Waals surface area contributed by atoms with Crippen LogP contribution in [0.3, 0.4) is 0 Å². The average molecular weight is 286 g/mol. The molecule has 0 amide bonds. The number of thioether (sulfide) groups is 1. The number of hydrogen-bond acceptors (Lipinski definition) is 3. The Hall–Kier alpha value is -1.29. The second-order valence-corrected chi connectivity index (χ2v) is 5.75. The van der Waals surface area contributed by atoms with Crippen molar-refractivity contribution >= 4 is 11.8 Å². The molecule has 0 aliphatic rings. The van der Waals surface area contributed by atoms with Gasteiger partial charge in [0.25, 0.3) is 0 Å². The molecule has 20 heavy (non-hydrogen) atoms. The van der Waals surface area contributed by atoms with Crippen molar-refractivity contribution in [1.29, 1.82) is 0 Å². The number of aryl methyl sites for hydroxylation is 1. The van der Waals surface area contributed by atoms with Crippen LogP contribution in [-0.4, -0.2) is 6.26 Å². The second kappa shape index (κ2) is 8.10. The van der Waals surface area contributed by atoms with Gasteiger partial charge in [-0.05, 0) is 48.8 Å². The van der Waals surface area contributed by atoms with Crippen molar-refractivity contribution in [3.05, 3.63) is 65.7 Å². The molecule has 2 aromatic carbocycles. The lowest BCUT2D eigenvalue weighted by Crippen LogP contribution is -2.28. The number of benzene rings is 2. The summed E-state index contributed by atoms with van der Waals surface area (Å²) in [4.78, 5) is 1.29. The first-order valence-corrected chi connectivity index (χ1v) is 8.20. The van der Waals surface area contributed by atoms with Crippen LogP contribution in [0.5, 0.6) is 0 Å². The van der Waals surface area contributed by atoms with Crippen LogP contribution >= 0.6 is 11.8 Å². The highest BCUT2D eigenvalue weighted by Crippen LogP contribution is 2.22. The summed E-state index contributed by atoms with van der Waals surface area (Å²) in [5, 5.41) is 0. The van der Waals surface area contributed by atoms with Crippen LogP contribution in [-0.2, 0) is 6.42 Å². The summed E-state index contributed by atoms with van der Waals surface area (Å²) >= 11 is 1.76. The molecular formula is C17H22N2S. The van der Waals surface area contributed by atoms with Crippen LogP contribution in [0, 0.1) is 0 Å². The van der Waals surface area contributed by atoms with Gasteiger partial charge < -0.3 is 0 Å². The van der Waals surface area contributed by atoms with Crippen LogP contribution in [0.4, 0.5) is 0 Å². The Labute approximate surface area is 125 Å². The number of rotatable bonds is 7. The average Bonchev–Trinajstić information content (AvgIpc) is 2.53. The van der Waals surface area contributed by atoms with E-state index in [0.29, 0.717) is 0 Å². The monoisotopic (exact) mass is 286 g/mol. The zero-order chi connectivity index (χ0) is 14.2. The zero-order valence-corrected chi connectivity index (χ0v) is 12.7. The topological polar surface area (TPSA) is 38.0 Å². The van der Waals surface area contributed by atoms with E-state index in [9.17, 15) is 0 Å². The lowest BCUT2D eigenvalue weighted by atomic mass is 9.99. The lowest BCUT2D eigenvalue weighted by molar-refractivity contribution is 0.498. The van der Waals surface area contributed by atoms with Gasteiger partial charge in [0.05, 0.1) is 0 Å². The van der Waals surface area contributed by atoms with E-state index in [2.05, 4.69) is 66.3 Å². The van der Waals surface area contributed by atoms with Gasteiger partial charge in [-0.3, -0.25) is 11.3 Å². The SMILES string of the molecule is CSc1ccc(C(CCCc2ccccc2)NN)cc1. The Bertz CT molecular complexity index is 496. The minimum absolute atomic E-state index is 0.231. The zero-order valence-electron chi connectivity index (χ0n) is 11.9. The van der Waals surface area contributed by atoms with E-state index in [1.807, 2.05) is 0 Å². The number of hydrogen-bond donors (Lipinski definition) is 2. The highest BCUT2D eigenvalue weighted by molar-refractivity contribution is 7.98.